The van der Waals surface area contributed by atoms with E-state index >= 15 is 0 Å². The van der Waals surface area contributed by atoms with E-state index in [-0.39, 0.29) is 18.2 Å². The normalized spacial score (nSPS) is 30.0. The van der Waals surface area contributed by atoms with Gasteiger partial charge in [-0.3, -0.25) is 4.79 Å². The fraction of sp³-hybridized carbons (Fsp3) is 0.714. The molecule has 4 rings (SSSR count). The highest BCUT2D eigenvalue weighted by Crippen LogP contribution is 2.29. The van der Waals surface area contributed by atoms with E-state index in [1.165, 1.54) is 0 Å². The lowest BCUT2D eigenvalue weighted by Gasteiger charge is -2.24. The van der Waals surface area contributed by atoms with E-state index in [9.17, 15) is 4.79 Å². The van der Waals surface area contributed by atoms with Crippen LogP contribution in [0, 0.1) is 0 Å². The van der Waals surface area contributed by atoms with E-state index in [0.717, 1.165) is 44.5 Å². The molecule has 2 saturated heterocycles. The summed E-state index contributed by atoms with van der Waals surface area (Å²) in [6, 6.07) is 0.219. The van der Waals surface area contributed by atoms with Crippen molar-refractivity contribution >= 4 is 5.91 Å². The Labute approximate surface area is 117 Å². The minimum absolute atomic E-state index is 0.00501. The van der Waals surface area contributed by atoms with Gasteiger partial charge in [0.2, 0.25) is 0 Å². The van der Waals surface area contributed by atoms with Gasteiger partial charge in [0.1, 0.15) is 6.23 Å². The second-order valence-corrected chi connectivity index (χ2v) is 5.75. The van der Waals surface area contributed by atoms with Crippen LogP contribution < -0.4 is 0 Å². The summed E-state index contributed by atoms with van der Waals surface area (Å²) in [7, 11) is 0. The summed E-state index contributed by atoms with van der Waals surface area (Å²) in [6.07, 6.45) is 6.18. The molecule has 4 heterocycles. The first-order valence-electron chi connectivity index (χ1n) is 7.41. The van der Waals surface area contributed by atoms with Gasteiger partial charge in [-0.1, -0.05) is 0 Å². The molecule has 0 bridgehead atoms. The van der Waals surface area contributed by atoms with Gasteiger partial charge in [0, 0.05) is 25.0 Å². The highest BCUT2D eigenvalue weighted by Gasteiger charge is 2.37. The van der Waals surface area contributed by atoms with Crippen molar-refractivity contribution in [1.29, 1.82) is 0 Å². The molecule has 6 heteroatoms. The van der Waals surface area contributed by atoms with Crippen LogP contribution in [-0.4, -0.2) is 46.5 Å². The van der Waals surface area contributed by atoms with Gasteiger partial charge in [-0.2, -0.15) is 5.10 Å². The van der Waals surface area contributed by atoms with Gasteiger partial charge in [0.25, 0.3) is 5.91 Å². The van der Waals surface area contributed by atoms with Crippen LogP contribution in [0.4, 0.5) is 0 Å². The van der Waals surface area contributed by atoms with Crippen molar-refractivity contribution in [3.05, 3.63) is 17.5 Å². The lowest BCUT2D eigenvalue weighted by molar-refractivity contribution is -0.0398. The van der Waals surface area contributed by atoms with Crippen molar-refractivity contribution in [2.45, 2.75) is 44.5 Å². The molecule has 1 aromatic heterocycles. The van der Waals surface area contributed by atoms with Crippen LogP contribution in [0.3, 0.4) is 0 Å². The number of hydrogen-bond donors (Lipinski definition) is 0. The van der Waals surface area contributed by atoms with Crippen molar-refractivity contribution < 1.29 is 14.3 Å². The van der Waals surface area contributed by atoms with Gasteiger partial charge in [0.15, 0.2) is 5.69 Å². The molecule has 108 valence electrons. The van der Waals surface area contributed by atoms with Gasteiger partial charge in [-0.05, 0) is 25.7 Å². The predicted octanol–water partition coefficient (Wildman–Crippen LogP) is 1.33. The Kier molecular flexibility index (Phi) is 3.00. The molecule has 0 spiro atoms. The Morgan fingerprint density at radius 1 is 1.25 bits per heavy atom. The van der Waals surface area contributed by atoms with E-state index in [0.29, 0.717) is 18.8 Å². The minimum atomic E-state index is 0.00501. The predicted molar refractivity (Wildman–Crippen MR) is 70.2 cm³/mol. The van der Waals surface area contributed by atoms with E-state index in [2.05, 4.69) is 5.10 Å². The third kappa shape index (κ3) is 1.94. The molecule has 20 heavy (non-hydrogen) atoms. The van der Waals surface area contributed by atoms with Gasteiger partial charge in [0.05, 0.1) is 19.2 Å². The van der Waals surface area contributed by atoms with Gasteiger partial charge >= 0.3 is 0 Å². The summed E-state index contributed by atoms with van der Waals surface area (Å²) in [5, 5.41) is 4.48. The maximum Gasteiger partial charge on any atom is 0.275 e. The van der Waals surface area contributed by atoms with Crippen LogP contribution in [-0.2, 0) is 16.0 Å². The number of carbonyl (C=O) groups is 1. The summed E-state index contributed by atoms with van der Waals surface area (Å²) in [5.41, 5.74) is 1.63. The van der Waals surface area contributed by atoms with Crippen molar-refractivity contribution in [2.24, 2.45) is 0 Å². The SMILES string of the molecule is O=C1c2nn(C3CCCCO3)cc2CN1[C@H]1CCOC1. The average molecular weight is 277 g/mol. The lowest BCUT2D eigenvalue weighted by atomic mass is 10.2. The number of nitrogens with zero attached hydrogens (tertiary/aromatic N) is 3. The summed E-state index contributed by atoms with van der Waals surface area (Å²) in [4.78, 5) is 14.3. The third-order valence-electron chi connectivity index (χ3n) is 4.41. The molecule has 0 radical (unpaired) electrons. The number of amides is 1. The van der Waals surface area contributed by atoms with Crippen LogP contribution >= 0.6 is 0 Å². The van der Waals surface area contributed by atoms with Crippen molar-refractivity contribution in [3.63, 3.8) is 0 Å². The minimum Gasteiger partial charge on any atom is -0.379 e. The fourth-order valence-corrected chi connectivity index (χ4v) is 3.26. The zero-order chi connectivity index (χ0) is 13.5. The molecular formula is C14H19N3O3. The molecule has 6 nitrogen and oxygen atoms in total. The van der Waals surface area contributed by atoms with Crippen molar-refractivity contribution in [1.82, 2.24) is 14.7 Å². The number of ether oxygens (including phenoxy) is 2. The number of carbonyl (C=O) groups excluding carboxylic acids is 1. The largest absolute Gasteiger partial charge is 0.379 e. The molecule has 0 saturated carbocycles. The molecule has 2 fully saturated rings. The zero-order valence-corrected chi connectivity index (χ0v) is 11.5. The molecule has 0 N–H and O–H groups in total. The molecule has 1 aromatic rings. The zero-order valence-electron chi connectivity index (χ0n) is 11.5. The highest BCUT2D eigenvalue weighted by atomic mass is 16.5. The van der Waals surface area contributed by atoms with Crippen LogP contribution in [0.15, 0.2) is 6.20 Å². The molecule has 0 aromatic carbocycles. The van der Waals surface area contributed by atoms with Crippen molar-refractivity contribution in [3.8, 4) is 0 Å². The third-order valence-corrected chi connectivity index (χ3v) is 4.41. The number of fused-ring (bicyclic) bond motifs is 1. The smallest absolute Gasteiger partial charge is 0.275 e. The standard InChI is InChI=1S/C14H19N3O3/c18-14-13-10(7-16(14)11-4-6-19-9-11)8-17(15-13)12-3-1-2-5-20-12/h8,11-12H,1-7,9H2/t11-,12?/m0/s1. The van der Waals surface area contributed by atoms with Gasteiger partial charge < -0.3 is 14.4 Å². The maximum absolute atomic E-state index is 12.4. The van der Waals surface area contributed by atoms with E-state index in [1.807, 2.05) is 15.8 Å². The quantitative estimate of drug-likeness (QED) is 0.818. The Bertz CT molecular complexity index is 516. The van der Waals surface area contributed by atoms with E-state index < -0.39 is 0 Å². The monoisotopic (exact) mass is 277 g/mol. The van der Waals surface area contributed by atoms with E-state index in [1.54, 1.807) is 0 Å². The molecule has 3 aliphatic rings. The average Bonchev–Trinajstić information content (AvgIpc) is 3.18. The lowest BCUT2D eigenvalue weighted by Crippen LogP contribution is -2.36. The first-order chi connectivity index (χ1) is 9.83. The summed E-state index contributed by atoms with van der Waals surface area (Å²) in [5.74, 6) is 0.0464. The van der Waals surface area contributed by atoms with Gasteiger partial charge in [-0.25, -0.2) is 4.68 Å². The topological polar surface area (TPSA) is 56.6 Å². The Morgan fingerprint density at radius 3 is 2.90 bits per heavy atom. The van der Waals surface area contributed by atoms with E-state index in [4.69, 9.17) is 9.47 Å². The first kappa shape index (κ1) is 12.3. The number of aromatic nitrogens is 2. The Hall–Kier alpha value is -1.40. The van der Waals surface area contributed by atoms with Crippen LogP contribution in [0.1, 0.15) is 48.0 Å². The fourth-order valence-electron chi connectivity index (χ4n) is 3.26. The number of hydrogen-bond acceptors (Lipinski definition) is 4. The van der Waals surface area contributed by atoms with Crippen molar-refractivity contribution in [2.75, 3.05) is 19.8 Å². The second-order valence-electron chi connectivity index (χ2n) is 5.75. The maximum atomic E-state index is 12.4. The summed E-state index contributed by atoms with van der Waals surface area (Å²) >= 11 is 0. The van der Waals surface area contributed by atoms with Gasteiger partial charge in [-0.15, -0.1) is 0 Å². The molecule has 0 aliphatic carbocycles. The Balaban J connectivity index is 1.53. The molecule has 1 unspecified atom stereocenters. The summed E-state index contributed by atoms with van der Waals surface area (Å²) < 4.78 is 12.9. The Morgan fingerprint density at radius 2 is 2.20 bits per heavy atom. The molecular weight excluding hydrogens is 258 g/mol. The molecule has 3 aliphatic heterocycles. The molecule has 1 amide bonds. The van der Waals surface area contributed by atoms with Crippen LogP contribution in [0.25, 0.3) is 0 Å². The highest BCUT2D eigenvalue weighted by molar-refractivity contribution is 5.96. The van der Waals surface area contributed by atoms with Crippen LogP contribution in [0.5, 0.6) is 0 Å². The summed E-state index contributed by atoms with van der Waals surface area (Å²) in [6.45, 7) is 2.85. The second kappa shape index (κ2) is 4.86. The number of rotatable bonds is 2. The first-order valence-corrected chi connectivity index (χ1v) is 7.41. The molecule has 2 atom stereocenters. The van der Waals surface area contributed by atoms with Crippen LogP contribution in [0.2, 0.25) is 0 Å².